The van der Waals surface area contributed by atoms with Crippen molar-refractivity contribution in [2.24, 2.45) is 0 Å². The molecule has 190 valence electrons. The van der Waals surface area contributed by atoms with Crippen LogP contribution in [0.2, 0.25) is 5.02 Å². The number of nitrogens with one attached hydrogen (secondary N) is 1. The van der Waals surface area contributed by atoms with Crippen molar-refractivity contribution in [3.63, 3.8) is 0 Å². The number of aryl methyl sites for hydroxylation is 1. The van der Waals surface area contributed by atoms with E-state index in [1.165, 1.54) is 0 Å². The number of aromatic nitrogens is 2. The molecule has 0 radical (unpaired) electrons. The highest BCUT2D eigenvalue weighted by Crippen LogP contribution is 2.45. The van der Waals surface area contributed by atoms with Gasteiger partial charge in [-0.2, -0.15) is 5.10 Å². The number of benzene rings is 3. The smallest absolute Gasteiger partial charge is 0.273 e. The van der Waals surface area contributed by atoms with E-state index >= 15 is 0 Å². The fraction of sp³-hybridized carbons (Fsp3) is 0.267. The molecular formula is C30H30ClN3O3. The summed E-state index contributed by atoms with van der Waals surface area (Å²) in [5.74, 6) is 1.20. The first-order chi connectivity index (χ1) is 18.0. The molecule has 37 heavy (non-hydrogen) atoms. The maximum absolute atomic E-state index is 13.7. The second-order valence-electron chi connectivity index (χ2n) is 9.27. The number of carbonyl (C=O) groups excluding carboxylic acids is 1. The molecule has 1 atom stereocenters. The first-order valence-electron chi connectivity index (χ1n) is 12.5. The van der Waals surface area contributed by atoms with E-state index in [0.717, 1.165) is 46.4 Å². The summed E-state index contributed by atoms with van der Waals surface area (Å²) in [6, 6.07) is 21.3. The van der Waals surface area contributed by atoms with Gasteiger partial charge in [-0.3, -0.25) is 9.89 Å². The molecule has 0 saturated carbocycles. The molecule has 1 aliphatic heterocycles. The van der Waals surface area contributed by atoms with Crippen molar-refractivity contribution in [3.8, 4) is 22.8 Å². The van der Waals surface area contributed by atoms with Gasteiger partial charge in [-0.25, -0.2) is 0 Å². The molecule has 7 heteroatoms. The largest absolute Gasteiger partial charge is 0.493 e. The monoisotopic (exact) mass is 515 g/mol. The highest BCUT2D eigenvalue weighted by atomic mass is 35.5. The Labute approximate surface area is 222 Å². The van der Waals surface area contributed by atoms with Crippen LogP contribution in [0.25, 0.3) is 11.3 Å². The van der Waals surface area contributed by atoms with Crippen molar-refractivity contribution in [1.82, 2.24) is 15.1 Å². The third kappa shape index (κ3) is 4.81. The molecule has 1 aromatic heterocycles. The van der Waals surface area contributed by atoms with Gasteiger partial charge in [0.05, 0.1) is 25.5 Å². The zero-order valence-electron chi connectivity index (χ0n) is 21.3. The molecule has 1 amide bonds. The number of unbranched alkanes of at least 4 members (excludes halogenated alkanes) is 1. The molecule has 6 nitrogen and oxygen atoms in total. The normalized spacial score (nSPS) is 14.6. The number of fused-ring (bicyclic) bond motifs is 1. The Kier molecular flexibility index (Phi) is 7.19. The summed E-state index contributed by atoms with van der Waals surface area (Å²) < 4.78 is 11.7. The maximum Gasteiger partial charge on any atom is 0.273 e. The fourth-order valence-corrected chi connectivity index (χ4v) is 4.94. The van der Waals surface area contributed by atoms with Gasteiger partial charge in [0, 0.05) is 22.7 Å². The van der Waals surface area contributed by atoms with Crippen LogP contribution in [-0.2, 0) is 6.54 Å². The lowest BCUT2D eigenvalue weighted by Gasteiger charge is -2.27. The van der Waals surface area contributed by atoms with Gasteiger partial charge in [0.2, 0.25) is 0 Å². The van der Waals surface area contributed by atoms with E-state index in [2.05, 4.69) is 29.3 Å². The number of H-pyrrole nitrogens is 1. The third-order valence-corrected chi connectivity index (χ3v) is 7.11. The third-order valence-electron chi connectivity index (χ3n) is 6.75. The van der Waals surface area contributed by atoms with Gasteiger partial charge in [-0.1, -0.05) is 79.0 Å². The number of hydrogen-bond acceptors (Lipinski definition) is 4. The first kappa shape index (κ1) is 24.9. The molecule has 1 aliphatic rings. The highest BCUT2D eigenvalue weighted by molar-refractivity contribution is 6.31. The zero-order valence-corrected chi connectivity index (χ0v) is 22.0. The van der Waals surface area contributed by atoms with Gasteiger partial charge >= 0.3 is 0 Å². The molecule has 0 saturated heterocycles. The van der Waals surface area contributed by atoms with Gasteiger partial charge in [-0.05, 0) is 42.7 Å². The van der Waals surface area contributed by atoms with Crippen LogP contribution >= 0.6 is 11.6 Å². The van der Waals surface area contributed by atoms with Crippen molar-refractivity contribution in [1.29, 1.82) is 0 Å². The number of methoxy groups -OCH3 is 1. The number of amides is 1. The molecular weight excluding hydrogens is 486 g/mol. The molecule has 2 heterocycles. The Bertz CT molecular complexity index is 1410. The summed E-state index contributed by atoms with van der Waals surface area (Å²) in [7, 11) is 1.63. The average molecular weight is 516 g/mol. The molecule has 0 bridgehead atoms. The number of nitrogens with zero attached hydrogens (tertiary/aromatic N) is 2. The van der Waals surface area contributed by atoms with Gasteiger partial charge in [0.25, 0.3) is 5.91 Å². The van der Waals surface area contributed by atoms with Crippen LogP contribution in [-0.4, -0.2) is 34.7 Å². The molecule has 0 aliphatic carbocycles. The molecule has 5 rings (SSSR count). The molecule has 0 spiro atoms. The Morgan fingerprint density at radius 2 is 1.84 bits per heavy atom. The van der Waals surface area contributed by atoms with Crippen LogP contribution in [0.1, 0.15) is 58.5 Å². The predicted molar refractivity (Wildman–Crippen MR) is 145 cm³/mol. The second-order valence-corrected chi connectivity index (χ2v) is 9.67. The topological polar surface area (TPSA) is 67.5 Å². The van der Waals surface area contributed by atoms with Crippen LogP contribution in [0.5, 0.6) is 11.5 Å². The standard InChI is InChI=1S/C30H30ClN3O3/c1-4-5-16-37-24-15-14-21(17-25(24)36-3)29-26-27(20-12-10-19(2)11-13-20)32-33-28(26)30(35)34(29)18-22-8-6-7-9-23(22)31/h6-15,17,29H,4-5,16,18H2,1-3H3,(H,32,33). The van der Waals surface area contributed by atoms with Crippen molar-refractivity contribution in [2.75, 3.05) is 13.7 Å². The van der Waals surface area contributed by atoms with Crippen molar-refractivity contribution in [2.45, 2.75) is 39.3 Å². The maximum atomic E-state index is 13.7. The summed E-state index contributed by atoms with van der Waals surface area (Å²) in [5.41, 5.74) is 6.01. The summed E-state index contributed by atoms with van der Waals surface area (Å²) in [5, 5.41) is 8.23. The number of rotatable bonds is 9. The van der Waals surface area contributed by atoms with Gasteiger partial charge in [-0.15, -0.1) is 0 Å². The molecule has 4 aromatic rings. The lowest BCUT2D eigenvalue weighted by atomic mass is 9.95. The SMILES string of the molecule is CCCCOc1ccc(C2c3c(-c4ccc(C)cc4)n[nH]c3C(=O)N2Cc2ccccc2Cl)cc1OC. The summed E-state index contributed by atoms with van der Waals surface area (Å²) >= 11 is 6.51. The number of hydrogen-bond donors (Lipinski definition) is 1. The lowest BCUT2D eigenvalue weighted by molar-refractivity contribution is 0.0730. The minimum absolute atomic E-state index is 0.118. The van der Waals surface area contributed by atoms with Crippen LogP contribution in [0.4, 0.5) is 0 Å². The lowest BCUT2D eigenvalue weighted by Crippen LogP contribution is -2.29. The highest BCUT2D eigenvalue weighted by Gasteiger charge is 2.42. The minimum atomic E-state index is -0.382. The van der Waals surface area contributed by atoms with Gasteiger partial charge in [0.15, 0.2) is 11.5 Å². The van der Waals surface area contributed by atoms with Crippen molar-refractivity contribution in [3.05, 3.63) is 99.7 Å². The fourth-order valence-electron chi connectivity index (χ4n) is 4.75. The van der Waals surface area contributed by atoms with E-state index in [-0.39, 0.29) is 11.9 Å². The van der Waals surface area contributed by atoms with E-state index in [1.54, 1.807) is 7.11 Å². The van der Waals surface area contributed by atoms with E-state index in [0.29, 0.717) is 35.4 Å². The van der Waals surface area contributed by atoms with Gasteiger partial charge in [0.1, 0.15) is 5.69 Å². The van der Waals surface area contributed by atoms with E-state index < -0.39 is 0 Å². The van der Waals surface area contributed by atoms with Crippen LogP contribution in [0, 0.1) is 6.92 Å². The number of ether oxygens (including phenoxy) is 2. The molecule has 1 N–H and O–H groups in total. The summed E-state index contributed by atoms with van der Waals surface area (Å²) in [6.07, 6.45) is 2.01. The second kappa shape index (κ2) is 10.7. The van der Waals surface area contributed by atoms with Crippen LogP contribution < -0.4 is 9.47 Å². The van der Waals surface area contributed by atoms with Crippen molar-refractivity contribution < 1.29 is 14.3 Å². The van der Waals surface area contributed by atoms with Crippen LogP contribution in [0.15, 0.2) is 66.7 Å². The average Bonchev–Trinajstić information content (AvgIpc) is 3.45. The van der Waals surface area contributed by atoms with Crippen molar-refractivity contribution >= 4 is 17.5 Å². The van der Waals surface area contributed by atoms with E-state index in [9.17, 15) is 4.79 Å². The predicted octanol–water partition coefficient (Wildman–Crippen LogP) is 6.97. The Morgan fingerprint density at radius 1 is 1.05 bits per heavy atom. The van der Waals surface area contributed by atoms with Gasteiger partial charge < -0.3 is 14.4 Å². The number of carbonyl (C=O) groups is 1. The Morgan fingerprint density at radius 3 is 2.57 bits per heavy atom. The zero-order chi connectivity index (χ0) is 25.9. The van der Waals surface area contributed by atoms with E-state index in [4.69, 9.17) is 21.1 Å². The Hall–Kier alpha value is -3.77. The van der Waals surface area contributed by atoms with Crippen LogP contribution in [0.3, 0.4) is 0 Å². The number of aromatic amines is 1. The quantitative estimate of drug-likeness (QED) is 0.244. The first-order valence-corrected chi connectivity index (χ1v) is 12.9. The molecule has 1 unspecified atom stereocenters. The minimum Gasteiger partial charge on any atom is -0.493 e. The summed E-state index contributed by atoms with van der Waals surface area (Å²) in [4.78, 5) is 15.6. The molecule has 3 aromatic carbocycles. The Balaban J connectivity index is 1.61. The molecule has 0 fully saturated rings. The van der Waals surface area contributed by atoms with E-state index in [1.807, 2.05) is 66.4 Å². The number of halogens is 1. The summed E-state index contributed by atoms with van der Waals surface area (Å²) in [6.45, 7) is 5.15.